The minimum absolute atomic E-state index is 0.696. The highest BCUT2D eigenvalue weighted by atomic mass is 16.5. The molecule has 1 aliphatic heterocycles. The highest BCUT2D eigenvalue weighted by Gasteiger charge is 2.18. The fourth-order valence-electron chi connectivity index (χ4n) is 2.99. The number of nitrogens with zero attached hydrogens (tertiary/aromatic N) is 5. The fourth-order valence-corrected chi connectivity index (χ4v) is 2.99. The molecule has 0 bridgehead atoms. The molecule has 0 atom stereocenters. The second-order valence-electron chi connectivity index (χ2n) is 6.64. The number of aromatic nitrogens is 2. The predicted molar refractivity (Wildman–Crippen MR) is 106 cm³/mol. The molecule has 3 rings (SSSR count). The third-order valence-electron chi connectivity index (χ3n) is 4.52. The van der Waals surface area contributed by atoms with E-state index in [1.807, 2.05) is 24.4 Å². The first kappa shape index (κ1) is 18.3. The van der Waals surface area contributed by atoms with Gasteiger partial charge in [0.2, 0.25) is 5.95 Å². The van der Waals surface area contributed by atoms with Crippen molar-refractivity contribution in [3.63, 3.8) is 0 Å². The van der Waals surface area contributed by atoms with Crippen LogP contribution in [0.15, 0.2) is 36.5 Å². The fraction of sp³-hybridized carbons (Fsp3) is 0.474. The van der Waals surface area contributed by atoms with Gasteiger partial charge in [0.15, 0.2) is 0 Å². The van der Waals surface area contributed by atoms with Crippen molar-refractivity contribution in [2.75, 3.05) is 75.6 Å². The molecule has 1 N–H and O–H groups in total. The molecular weight excluding hydrogens is 328 g/mol. The largest absolute Gasteiger partial charge is 0.497 e. The van der Waals surface area contributed by atoms with E-state index in [4.69, 9.17) is 4.74 Å². The van der Waals surface area contributed by atoms with Gasteiger partial charge in [-0.25, -0.2) is 4.98 Å². The van der Waals surface area contributed by atoms with Crippen molar-refractivity contribution in [2.45, 2.75) is 0 Å². The van der Waals surface area contributed by atoms with Gasteiger partial charge in [-0.2, -0.15) is 4.98 Å². The second kappa shape index (κ2) is 8.71. The van der Waals surface area contributed by atoms with Gasteiger partial charge in [-0.3, -0.25) is 0 Å². The number of nitrogens with one attached hydrogen (secondary N) is 1. The molecule has 7 nitrogen and oxygen atoms in total. The monoisotopic (exact) mass is 356 g/mol. The van der Waals surface area contributed by atoms with Crippen LogP contribution in [0.3, 0.4) is 0 Å². The third-order valence-corrected chi connectivity index (χ3v) is 4.52. The van der Waals surface area contributed by atoms with Gasteiger partial charge in [-0.15, -0.1) is 0 Å². The predicted octanol–water partition coefficient (Wildman–Crippen LogP) is 1.79. The lowest BCUT2D eigenvalue weighted by Crippen LogP contribution is -2.46. The van der Waals surface area contributed by atoms with Crippen LogP contribution < -0.4 is 19.9 Å². The topological polar surface area (TPSA) is 56.8 Å². The van der Waals surface area contributed by atoms with Crippen LogP contribution in [0, 0.1) is 0 Å². The summed E-state index contributed by atoms with van der Waals surface area (Å²) in [4.78, 5) is 15.8. The van der Waals surface area contributed by atoms with Crippen molar-refractivity contribution in [2.24, 2.45) is 0 Å². The van der Waals surface area contributed by atoms with Gasteiger partial charge in [0.1, 0.15) is 11.6 Å². The van der Waals surface area contributed by atoms with Gasteiger partial charge in [-0.1, -0.05) is 0 Å². The Morgan fingerprint density at radius 3 is 2.38 bits per heavy atom. The zero-order chi connectivity index (χ0) is 18.4. The Hall–Kier alpha value is -2.54. The summed E-state index contributed by atoms with van der Waals surface area (Å²) < 4.78 is 5.23. The molecule has 140 valence electrons. The Bertz CT molecular complexity index is 683. The number of ether oxygens (including phenoxy) is 1. The van der Waals surface area contributed by atoms with Crippen LogP contribution in [0.1, 0.15) is 0 Å². The van der Waals surface area contributed by atoms with Crippen LogP contribution >= 0.6 is 0 Å². The van der Waals surface area contributed by atoms with Gasteiger partial charge in [0, 0.05) is 51.2 Å². The normalized spacial score (nSPS) is 14.6. The lowest BCUT2D eigenvalue weighted by molar-refractivity contribution is 0.415. The molecule has 2 aromatic rings. The van der Waals surface area contributed by atoms with Gasteiger partial charge in [-0.05, 0) is 44.4 Å². The summed E-state index contributed by atoms with van der Waals surface area (Å²) in [7, 11) is 5.81. The van der Waals surface area contributed by atoms with E-state index in [9.17, 15) is 0 Å². The van der Waals surface area contributed by atoms with Crippen molar-refractivity contribution < 1.29 is 4.74 Å². The Labute approximate surface area is 155 Å². The molecule has 2 heterocycles. The van der Waals surface area contributed by atoms with E-state index in [2.05, 4.69) is 56.2 Å². The molecule has 0 saturated carbocycles. The SMILES string of the molecule is COc1ccc(N2CCN(c3ccnc(NCCN(C)C)n3)CC2)cc1. The van der Waals surface area contributed by atoms with E-state index >= 15 is 0 Å². The van der Waals surface area contributed by atoms with Crippen molar-refractivity contribution >= 4 is 17.5 Å². The molecule has 1 aromatic carbocycles. The smallest absolute Gasteiger partial charge is 0.224 e. The third kappa shape index (κ3) is 4.76. The molecular formula is C19H28N6O. The first-order chi connectivity index (χ1) is 12.7. The molecule has 0 spiro atoms. The molecule has 1 aromatic heterocycles. The van der Waals surface area contributed by atoms with Crippen LogP contribution in [0.25, 0.3) is 0 Å². The lowest BCUT2D eigenvalue weighted by atomic mass is 10.2. The van der Waals surface area contributed by atoms with E-state index in [0.717, 1.165) is 50.8 Å². The highest BCUT2D eigenvalue weighted by molar-refractivity contribution is 5.51. The number of benzene rings is 1. The summed E-state index contributed by atoms with van der Waals surface area (Å²) in [5.74, 6) is 2.58. The van der Waals surface area contributed by atoms with Crippen LogP contribution in [-0.2, 0) is 0 Å². The van der Waals surface area contributed by atoms with E-state index in [1.54, 1.807) is 7.11 Å². The van der Waals surface area contributed by atoms with E-state index in [-0.39, 0.29) is 0 Å². The van der Waals surface area contributed by atoms with E-state index in [1.165, 1.54) is 5.69 Å². The number of methoxy groups -OCH3 is 1. The number of likely N-dealkylation sites (N-methyl/N-ethyl adjacent to an activating group) is 1. The Balaban J connectivity index is 1.55. The zero-order valence-electron chi connectivity index (χ0n) is 15.9. The Kier molecular flexibility index (Phi) is 6.12. The Morgan fingerprint density at radius 2 is 1.73 bits per heavy atom. The quantitative estimate of drug-likeness (QED) is 0.811. The second-order valence-corrected chi connectivity index (χ2v) is 6.64. The summed E-state index contributed by atoms with van der Waals surface area (Å²) in [5, 5.41) is 3.29. The van der Waals surface area contributed by atoms with Gasteiger partial charge >= 0.3 is 0 Å². The first-order valence-electron chi connectivity index (χ1n) is 9.01. The van der Waals surface area contributed by atoms with Crippen LogP contribution in [0.4, 0.5) is 17.5 Å². The standard InChI is InChI=1S/C19H28N6O/c1-23(2)11-10-21-19-20-9-8-18(22-19)25-14-12-24(13-15-25)16-4-6-17(26-3)7-5-16/h4-9H,10-15H2,1-3H3,(H,20,21,22). The molecule has 0 amide bonds. The van der Waals surface area contributed by atoms with Crippen LogP contribution in [0.5, 0.6) is 5.75 Å². The van der Waals surface area contributed by atoms with Gasteiger partial charge in [0.05, 0.1) is 7.11 Å². The minimum atomic E-state index is 0.696. The maximum atomic E-state index is 5.23. The van der Waals surface area contributed by atoms with Crippen LogP contribution in [-0.4, -0.2) is 75.3 Å². The molecule has 26 heavy (non-hydrogen) atoms. The summed E-state index contributed by atoms with van der Waals surface area (Å²) >= 11 is 0. The van der Waals surface area contributed by atoms with Crippen molar-refractivity contribution in [3.8, 4) is 5.75 Å². The number of anilines is 3. The average Bonchev–Trinajstić information content (AvgIpc) is 2.68. The van der Waals surface area contributed by atoms with Crippen molar-refractivity contribution in [1.29, 1.82) is 0 Å². The molecule has 1 saturated heterocycles. The minimum Gasteiger partial charge on any atom is -0.497 e. The molecule has 1 aliphatic rings. The first-order valence-corrected chi connectivity index (χ1v) is 9.01. The molecule has 0 aliphatic carbocycles. The van der Waals surface area contributed by atoms with Gasteiger partial charge < -0.3 is 24.8 Å². The summed E-state index contributed by atoms with van der Waals surface area (Å²) in [6.07, 6.45) is 1.83. The lowest BCUT2D eigenvalue weighted by Gasteiger charge is -2.36. The summed E-state index contributed by atoms with van der Waals surface area (Å²) in [6.45, 7) is 5.62. The molecule has 0 unspecified atom stereocenters. The average molecular weight is 356 g/mol. The molecule has 0 radical (unpaired) electrons. The molecule has 7 heteroatoms. The zero-order valence-corrected chi connectivity index (χ0v) is 15.9. The maximum absolute atomic E-state index is 5.23. The van der Waals surface area contributed by atoms with Gasteiger partial charge in [0.25, 0.3) is 0 Å². The summed E-state index contributed by atoms with van der Waals surface area (Å²) in [6, 6.07) is 10.2. The number of piperazine rings is 1. The van der Waals surface area contributed by atoms with E-state index < -0.39 is 0 Å². The molecule has 1 fully saturated rings. The number of hydrogen-bond acceptors (Lipinski definition) is 7. The summed E-state index contributed by atoms with van der Waals surface area (Å²) in [5.41, 5.74) is 1.24. The van der Waals surface area contributed by atoms with E-state index in [0.29, 0.717) is 5.95 Å². The number of hydrogen-bond donors (Lipinski definition) is 1. The van der Waals surface area contributed by atoms with Crippen molar-refractivity contribution in [3.05, 3.63) is 36.5 Å². The Morgan fingerprint density at radius 1 is 1.04 bits per heavy atom. The van der Waals surface area contributed by atoms with Crippen molar-refractivity contribution in [1.82, 2.24) is 14.9 Å². The maximum Gasteiger partial charge on any atom is 0.224 e. The highest BCUT2D eigenvalue weighted by Crippen LogP contribution is 2.22. The van der Waals surface area contributed by atoms with Crippen LogP contribution in [0.2, 0.25) is 0 Å². The number of rotatable bonds is 7.